The maximum atomic E-state index is 12.8. The molecule has 4 rings (SSSR count). The average Bonchev–Trinajstić information content (AvgIpc) is 2.98. The fourth-order valence-electron chi connectivity index (χ4n) is 4.28. The topological polar surface area (TPSA) is 80.7 Å². The smallest absolute Gasteiger partial charge is 0.370 e. The lowest BCUT2D eigenvalue weighted by molar-refractivity contribution is -0.135. The van der Waals surface area contributed by atoms with Gasteiger partial charge in [-0.05, 0) is 36.1 Å². The molecule has 228 valence electrons. The third kappa shape index (κ3) is 11.3. The summed E-state index contributed by atoms with van der Waals surface area (Å²) in [6, 6.07) is 18.7. The minimum absolute atomic E-state index is 0.0974. The number of halogens is 3. The van der Waals surface area contributed by atoms with Crippen LogP contribution >= 0.6 is 0 Å². The number of nitrogens with zero attached hydrogens (tertiary/aromatic N) is 2. The van der Waals surface area contributed by atoms with Crippen LogP contribution in [0.25, 0.3) is 5.70 Å². The van der Waals surface area contributed by atoms with E-state index >= 15 is 0 Å². The second-order valence-electron chi connectivity index (χ2n) is 9.44. The fourth-order valence-corrected chi connectivity index (χ4v) is 4.28. The van der Waals surface area contributed by atoms with Crippen molar-refractivity contribution in [3.63, 3.8) is 0 Å². The van der Waals surface area contributed by atoms with Crippen LogP contribution in [0.15, 0.2) is 82.7 Å². The third-order valence-corrected chi connectivity index (χ3v) is 6.27. The number of H-pyrrole nitrogens is 1. The van der Waals surface area contributed by atoms with Crippen molar-refractivity contribution in [2.24, 2.45) is 4.99 Å². The molecule has 0 radical (unpaired) electrons. The summed E-state index contributed by atoms with van der Waals surface area (Å²) in [5.74, 6) is 0.432. The number of alkyl halides is 3. The molecule has 0 bridgehead atoms. The monoisotopic (exact) mass is 584 g/mol. The van der Waals surface area contributed by atoms with Crippen molar-refractivity contribution in [1.29, 1.82) is 0 Å². The van der Waals surface area contributed by atoms with Crippen LogP contribution in [0, 0.1) is 6.92 Å². The second kappa shape index (κ2) is 17.3. The second-order valence-corrected chi connectivity index (χ2v) is 9.44. The van der Waals surface area contributed by atoms with E-state index in [-0.39, 0.29) is 18.4 Å². The zero-order valence-corrected chi connectivity index (χ0v) is 25.1. The van der Waals surface area contributed by atoms with Gasteiger partial charge in [0.15, 0.2) is 0 Å². The largest absolute Gasteiger partial charge is 0.389 e. The Labute approximate surface area is 247 Å². The van der Waals surface area contributed by atoms with Crippen molar-refractivity contribution in [3.8, 4) is 0 Å². The minimum atomic E-state index is -4.25. The summed E-state index contributed by atoms with van der Waals surface area (Å²) in [6.45, 7) is 11.4. The van der Waals surface area contributed by atoms with Crippen LogP contribution in [0.5, 0.6) is 0 Å². The van der Waals surface area contributed by atoms with Gasteiger partial charge < -0.3 is 20.3 Å². The van der Waals surface area contributed by atoms with Gasteiger partial charge in [0, 0.05) is 50.3 Å². The molecule has 1 aromatic heterocycles. The first-order chi connectivity index (χ1) is 20.2. The van der Waals surface area contributed by atoms with Gasteiger partial charge in [-0.1, -0.05) is 87.9 Å². The lowest BCUT2D eigenvalue weighted by Gasteiger charge is -2.33. The van der Waals surface area contributed by atoms with Gasteiger partial charge in [-0.3, -0.25) is 4.79 Å². The Balaban J connectivity index is 0.00000148. The maximum absolute atomic E-state index is 12.8. The van der Waals surface area contributed by atoms with Crippen molar-refractivity contribution < 1.29 is 18.3 Å². The number of aryl methyl sites for hydroxylation is 1. The van der Waals surface area contributed by atoms with E-state index in [1.807, 2.05) is 83.1 Å². The predicted molar refractivity (Wildman–Crippen MR) is 165 cm³/mol. The van der Waals surface area contributed by atoms with Gasteiger partial charge in [-0.25, -0.2) is 4.99 Å². The van der Waals surface area contributed by atoms with E-state index in [9.17, 15) is 23.1 Å². The number of pyridine rings is 1. The highest BCUT2D eigenvalue weighted by molar-refractivity contribution is 5.90. The van der Waals surface area contributed by atoms with Crippen LogP contribution in [0.2, 0.25) is 0 Å². The lowest BCUT2D eigenvalue weighted by Crippen LogP contribution is -2.41. The fraction of sp³-hybridized carbons (Fsp3) is 0.394. The number of nitrogens with one attached hydrogen (secondary N) is 2. The summed E-state index contributed by atoms with van der Waals surface area (Å²) in [4.78, 5) is 20.2. The van der Waals surface area contributed by atoms with Gasteiger partial charge in [0.1, 0.15) is 12.1 Å². The van der Waals surface area contributed by atoms with E-state index in [0.29, 0.717) is 31.2 Å². The molecule has 0 amide bonds. The van der Waals surface area contributed by atoms with E-state index in [0.717, 1.165) is 27.8 Å². The van der Waals surface area contributed by atoms with Crippen LogP contribution in [-0.4, -0.2) is 33.2 Å². The highest BCUT2D eigenvalue weighted by Gasteiger charge is 2.29. The Morgan fingerprint density at radius 2 is 1.62 bits per heavy atom. The molecular weight excluding hydrogens is 541 g/mol. The molecule has 1 unspecified atom stereocenters. The zero-order chi connectivity index (χ0) is 31.1. The highest BCUT2D eigenvalue weighted by Crippen LogP contribution is 2.28. The van der Waals surface area contributed by atoms with Gasteiger partial charge >= 0.3 is 6.18 Å². The van der Waals surface area contributed by atoms with Crippen molar-refractivity contribution in [2.45, 2.75) is 85.9 Å². The van der Waals surface area contributed by atoms with Crippen LogP contribution in [0.1, 0.15) is 74.8 Å². The quantitative estimate of drug-likeness (QED) is 0.233. The minimum Gasteiger partial charge on any atom is -0.370 e. The molecule has 1 aliphatic rings. The Morgan fingerprint density at radius 3 is 2.26 bits per heavy atom. The first kappa shape index (κ1) is 34.5. The Morgan fingerprint density at radius 1 is 0.952 bits per heavy atom. The highest BCUT2D eigenvalue weighted by atomic mass is 19.4. The predicted octanol–water partition coefficient (Wildman–Crippen LogP) is 7.33. The van der Waals surface area contributed by atoms with E-state index in [1.54, 1.807) is 23.2 Å². The molecule has 9 heteroatoms. The summed E-state index contributed by atoms with van der Waals surface area (Å²) in [7, 11) is 0. The summed E-state index contributed by atoms with van der Waals surface area (Å²) in [6.07, 6.45) is -2.89. The average molecular weight is 585 g/mol. The first-order valence-corrected chi connectivity index (χ1v) is 14.5. The number of aliphatic hydroxyl groups excluding tert-OH is 1. The van der Waals surface area contributed by atoms with Crippen LogP contribution < -0.4 is 10.9 Å². The molecule has 42 heavy (non-hydrogen) atoms. The molecule has 0 saturated carbocycles. The number of hydrogen-bond donors (Lipinski definition) is 3. The van der Waals surface area contributed by atoms with E-state index in [4.69, 9.17) is 0 Å². The zero-order valence-electron chi connectivity index (χ0n) is 25.1. The molecule has 2 heterocycles. The molecule has 2 aromatic carbocycles. The number of amidine groups is 1. The normalized spacial score (nSPS) is 14.6. The number of benzene rings is 2. The van der Waals surface area contributed by atoms with Crippen LogP contribution in [0.4, 0.5) is 13.2 Å². The Kier molecular flexibility index (Phi) is 14.2. The number of hydrogen-bond acceptors (Lipinski definition) is 5. The molecular formula is C33H43F3N4O2. The Hall–Kier alpha value is -3.69. The van der Waals surface area contributed by atoms with Gasteiger partial charge in [-0.15, -0.1) is 0 Å². The number of rotatable bonds is 10. The summed E-state index contributed by atoms with van der Waals surface area (Å²) in [5, 5.41) is 14.3. The van der Waals surface area contributed by atoms with Crippen molar-refractivity contribution in [2.75, 3.05) is 0 Å². The molecule has 3 N–H and O–H groups in total. The number of aliphatic imine (C=N–C) groups is 1. The summed E-state index contributed by atoms with van der Waals surface area (Å²) >= 11 is 0. The van der Waals surface area contributed by atoms with E-state index in [1.165, 1.54) is 6.07 Å². The van der Waals surface area contributed by atoms with Crippen molar-refractivity contribution in [3.05, 3.63) is 111 Å². The molecule has 0 aliphatic carbocycles. The standard InChI is InChI=1S/C29H31F3N4O2.2C2H6/c1-20-7-10-24(11-8-20)25-15-28(38)36(26(35-25)6-3-13-29(30,31)32)19-22-5-2-4-21(14-22)16-33-17-23-9-12-27(37)34-18-23;2*1-2/h2,4-5,7-12,14-15,18,28,33,38H,3,6,13,16-17,19H2,1H3,(H,34,37);2*1-2H3. The summed E-state index contributed by atoms with van der Waals surface area (Å²) in [5.41, 5.74) is 5.16. The SMILES string of the molecule is CC.CC.Cc1ccc(C2=CC(O)N(Cc3cccc(CNCc4ccc(=O)[nH]c4)c3)C(CCCC(F)(F)F)=N2)cc1. The first-order valence-electron chi connectivity index (χ1n) is 14.5. The van der Waals surface area contributed by atoms with Gasteiger partial charge in [0.2, 0.25) is 5.56 Å². The molecule has 1 aliphatic heterocycles. The Bertz CT molecular complexity index is 1330. The van der Waals surface area contributed by atoms with Crippen LogP contribution in [0.3, 0.4) is 0 Å². The lowest BCUT2D eigenvalue weighted by atomic mass is 10.1. The van der Waals surface area contributed by atoms with Gasteiger partial charge in [0.25, 0.3) is 0 Å². The molecule has 6 nitrogen and oxygen atoms in total. The number of aromatic nitrogens is 1. The van der Waals surface area contributed by atoms with Crippen LogP contribution in [-0.2, 0) is 19.6 Å². The molecule has 0 saturated heterocycles. The third-order valence-electron chi connectivity index (χ3n) is 6.27. The van der Waals surface area contributed by atoms with Crippen molar-refractivity contribution in [1.82, 2.24) is 15.2 Å². The van der Waals surface area contributed by atoms with Gasteiger partial charge in [0.05, 0.1) is 5.70 Å². The molecule has 3 aromatic rings. The van der Waals surface area contributed by atoms with E-state index < -0.39 is 18.8 Å². The van der Waals surface area contributed by atoms with Gasteiger partial charge in [-0.2, -0.15) is 13.2 Å². The summed E-state index contributed by atoms with van der Waals surface area (Å²) < 4.78 is 38.5. The number of aromatic amines is 1. The van der Waals surface area contributed by atoms with E-state index in [2.05, 4.69) is 15.3 Å². The number of aliphatic hydroxyl groups is 1. The van der Waals surface area contributed by atoms with Crippen molar-refractivity contribution >= 4 is 11.5 Å². The molecule has 0 fully saturated rings. The molecule has 0 spiro atoms. The molecule has 1 atom stereocenters. The maximum Gasteiger partial charge on any atom is 0.389 e.